The monoisotopic (exact) mass is 311 g/mol. The Morgan fingerprint density at radius 3 is 2.67 bits per heavy atom. The summed E-state index contributed by atoms with van der Waals surface area (Å²) in [4.78, 5) is 13.3. The van der Waals surface area contributed by atoms with Gasteiger partial charge in [-0.15, -0.1) is 0 Å². The molecule has 1 saturated carbocycles. The van der Waals surface area contributed by atoms with Crippen molar-refractivity contribution >= 4 is 27.6 Å². The minimum absolute atomic E-state index is 0.318. The third-order valence-corrected chi connectivity index (χ3v) is 4.29. The average Bonchev–Trinajstić information content (AvgIpc) is 2.27. The van der Waals surface area contributed by atoms with Gasteiger partial charge in [0.2, 0.25) is 0 Å². The Bertz CT molecular complexity index is 443. The molecule has 1 fully saturated rings. The summed E-state index contributed by atoms with van der Waals surface area (Å²) in [5.41, 5.74) is 1.42. The molecule has 0 radical (unpaired) electrons. The Morgan fingerprint density at radius 2 is 2.22 bits per heavy atom. The number of aromatic carboxylic acids is 1. The molecule has 3 nitrogen and oxygen atoms in total. The Hall–Kier alpha value is -1.03. The van der Waals surface area contributed by atoms with Crippen molar-refractivity contribution in [2.45, 2.75) is 26.2 Å². The summed E-state index contributed by atoms with van der Waals surface area (Å²) in [6.07, 6.45) is 4.00. The molecule has 98 valence electrons. The zero-order chi connectivity index (χ0) is 13.1. The van der Waals surface area contributed by atoms with Gasteiger partial charge in [-0.05, 0) is 59.8 Å². The van der Waals surface area contributed by atoms with Crippen molar-refractivity contribution in [3.63, 3.8) is 0 Å². The van der Waals surface area contributed by atoms with Crippen LogP contribution in [0.4, 0.5) is 5.69 Å². The van der Waals surface area contributed by atoms with E-state index in [0.717, 1.165) is 24.7 Å². The summed E-state index contributed by atoms with van der Waals surface area (Å²) in [5, 5.41) is 9.00. The molecule has 0 saturated heterocycles. The number of benzene rings is 1. The quantitative estimate of drug-likeness (QED) is 0.899. The molecule has 4 heteroatoms. The lowest BCUT2D eigenvalue weighted by molar-refractivity contribution is 0.0696. The number of anilines is 1. The predicted molar refractivity (Wildman–Crippen MR) is 76.3 cm³/mol. The number of hydrogen-bond acceptors (Lipinski definition) is 2. The first-order chi connectivity index (χ1) is 8.61. The van der Waals surface area contributed by atoms with Crippen LogP contribution in [0.15, 0.2) is 22.7 Å². The van der Waals surface area contributed by atoms with Crippen molar-refractivity contribution in [3.05, 3.63) is 28.2 Å². The topological polar surface area (TPSA) is 40.5 Å². The number of carboxylic acid groups (broad SMARTS) is 1. The van der Waals surface area contributed by atoms with E-state index in [1.165, 1.54) is 19.3 Å². The van der Waals surface area contributed by atoms with Crippen molar-refractivity contribution in [1.82, 2.24) is 0 Å². The summed E-state index contributed by atoms with van der Waals surface area (Å²) in [5.74, 6) is -0.0849. The van der Waals surface area contributed by atoms with Crippen LogP contribution in [0.2, 0.25) is 0 Å². The SMILES string of the molecule is CCN(CC1CCC1)c1ccc(C(=O)O)c(Br)c1. The molecule has 1 aliphatic rings. The van der Waals surface area contributed by atoms with E-state index in [2.05, 4.69) is 27.8 Å². The molecule has 0 atom stereocenters. The summed E-state index contributed by atoms with van der Waals surface area (Å²) >= 11 is 3.33. The van der Waals surface area contributed by atoms with Crippen LogP contribution < -0.4 is 4.90 Å². The number of rotatable bonds is 5. The van der Waals surface area contributed by atoms with Gasteiger partial charge in [-0.25, -0.2) is 4.79 Å². The first-order valence-electron chi connectivity index (χ1n) is 6.39. The second-order valence-corrected chi connectivity index (χ2v) is 5.66. The third kappa shape index (κ3) is 2.86. The first-order valence-corrected chi connectivity index (χ1v) is 7.19. The van der Waals surface area contributed by atoms with Gasteiger partial charge in [-0.3, -0.25) is 0 Å². The van der Waals surface area contributed by atoms with Gasteiger partial charge in [-0.2, -0.15) is 0 Å². The number of carbonyl (C=O) groups is 1. The highest BCUT2D eigenvalue weighted by Crippen LogP contribution is 2.30. The van der Waals surface area contributed by atoms with E-state index in [4.69, 9.17) is 5.11 Å². The maximum atomic E-state index is 11.0. The molecule has 0 spiro atoms. The molecule has 1 aromatic rings. The molecular weight excluding hydrogens is 294 g/mol. The van der Waals surface area contributed by atoms with Crippen LogP contribution in [0.1, 0.15) is 36.5 Å². The number of hydrogen-bond donors (Lipinski definition) is 1. The number of carboxylic acids is 1. The minimum Gasteiger partial charge on any atom is -0.478 e. The largest absolute Gasteiger partial charge is 0.478 e. The third-order valence-electron chi connectivity index (χ3n) is 3.63. The van der Waals surface area contributed by atoms with Crippen LogP contribution in [0.5, 0.6) is 0 Å². The summed E-state index contributed by atoms with van der Waals surface area (Å²) in [6, 6.07) is 5.48. The van der Waals surface area contributed by atoms with Crippen LogP contribution in [-0.2, 0) is 0 Å². The van der Waals surface area contributed by atoms with Crippen LogP contribution in [0, 0.1) is 5.92 Å². The maximum absolute atomic E-state index is 11.0. The molecule has 0 aromatic heterocycles. The van der Waals surface area contributed by atoms with Gasteiger partial charge in [0.15, 0.2) is 0 Å². The van der Waals surface area contributed by atoms with Gasteiger partial charge in [0.05, 0.1) is 5.56 Å². The van der Waals surface area contributed by atoms with Crippen molar-refractivity contribution in [3.8, 4) is 0 Å². The van der Waals surface area contributed by atoms with Gasteiger partial charge in [0, 0.05) is 23.2 Å². The second-order valence-electron chi connectivity index (χ2n) is 4.80. The normalized spacial score (nSPS) is 15.2. The molecule has 1 aromatic carbocycles. The standard InChI is InChI=1S/C14H18BrNO2/c1-2-16(9-10-4-3-5-10)11-6-7-12(14(17)18)13(15)8-11/h6-8,10H,2-5,9H2,1H3,(H,17,18). The molecule has 18 heavy (non-hydrogen) atoms. The molecular formula is C14H18BrNO2. The molecule has 2 rings (SSSR count). The Kier molecular flexibility index (Phi) is 4.27. The van der Waals surface area contributed by atoms with Crippen molar-refractivity contribution in [2.75, 3.05) is 18.0 Å². The van der Waals surface area contributed by atoms with Crippen molar-refractivity contribution in [2.24, 2.45) is 5.92 Å². The molecule has 0 amide bonds. The van der Waals surface area contributed by atoms with E-state index < -0.39 is 5.97 Å². The Labute approximate surface area is 116 Å². The summed E-state index contributed by atoms with van der Waals surface area (Å²) < 4.78 is 0.652. The van der Waals surface area contributed by atoms with Crippen molar-refractivity contribution < 1.29 is 9.90 Å². The highest BCUT2D eigenvalue weighted by atomic mass is 79.9. The minimum atomic E-state index is -0.893. The van der Waals surface area contributed by atoms with Gasteiger partial charge in [-0.1, -0.05) is 6.42 Å². The van der Waals surface area contributed by atoms with Gasteiger partial charge < -0.3 is 10.0 Å². The Morgan fingerprint density at radius 1 is 1.50 bits per heavy atom. The molecule has 0 heterocycles. The number of halogens is 1. The van der Waals surface area contributed by atoms with Gasteiger partial charge in [0.1, 0.15) is 0 Å². The zero-order valence-corrected chi connectivity index (χ0v) is 12.1. The molecule has 1 aliphatic carbocycles. The van der Waals surface area contributed by atoms with E-state index in [-0.39, 0.29) is 0 Å². The average molecular weight is 312 g/mol. The summed E-state index contributed by atoms with van der Waals surface area (Å²) in [6.45, 7) is 4.17. The fourth-order valence-corrected chi connectivity index (χ4v) is 2.81. The molecule has 1 N–H and O–H groups in total. The lowest BCUT2D eigenvalue weighted by Gasteiger charge is -2.33. The predicted octanol–water partition coefficient (Wildman–Crippen LogP) is 3.77. The number of nitrogens with zero attached hydrogens (tertiary/aromatic N) is 1. The van der Waals surface area contributed by atoms with Crippen molar-refractivity contribution in [1.29, 1.82) is 0 Å². The van der Waals surface area contributed by atoms with E-state index >= 15 is 0 Å². The molecule has 0 unspecified atom stereocenters. The second kappa shape index (κ2) is 5.74. The van der Waals surface area contributed by atoms with E-state index in [0.29, 0.717) is 10.0 Å². The first kappa shape index (κ1) is 13.4. The fraction of sp³-hybridized carbons (Fsp3) is 0.500. The lowest BCUT2D eigenvalue weighted by atomic mass is 9.85. The van der Waals surface area contributed by atoms with E-state index in [9.17, 15) is 4.79 Å². The Balaban J connectivity index is 2.14. The van der Waals surface area contributed by atoms with Crippen LogP contribution in [0.3, 0.4) is 0 Å². The summed E-state index contributed by atoms with van der Waals surface area (Å²) in [7, 11) is 0. The van der Waals surface area contributed by atoms with E-state index in [1.54, 1.807) is 6.07 Å². The maximum Gasteiger partial charge on any atom is 0.336 e. The zero-order valence-electron chi connectivity index (χ0n) is 10.5. The van der Waals surface area contributed by atoms with Gasteiger partial charge in [0.25, 0.3) is 0 Å². The lowest BCUT2D eigenvalue weighted by Crippen LogP contribution is -2.32. The van der Waals surface area contributed by atoms with E-state index in [1.807, 2.05) is 12.1 Å². The van der Waals surface area contributed by atoms with Crippen LogP contribution in [0.25, 0.3) is 0 Å². The van der Waals surface area contributed by atoms with Crippen LogP contribution >= 0.6 is 15.9 Å². The smallest absolute Gasteiger partial charge is 0.336 e. The molecule has 0 aliphatic heterocycles. The van der Waals surface area contributed by atoms with Crippen LogP contribution in [-0.4, -0.2) is 24.2 Å². The molecule has 0 bridgehead atoms. The highest BCUT2D eigenvalue weighted by Gasteiger charge is 2.20. The van der Waals surface area contributed by atoms with Gasteiger partial charge >= 0.3 is 5.97 Å². The highest BCUT2D eigenvalue weighted by molar-refractivity contribution is 9.10. The fourth-order valence-electron chi connectivity index (χ4n) is 2.28.